The zero-order valence-corrected chi connectivity index (χ0v) is 20.7. The molecule has 32 heavy (non-hydrogen) atoms. The average molecular weight is 450 g/mol. The molecule has 4 heteroatoms. The van der Waals surface area contributed by atoms with Gasteiger partial charge in [0.15, 0.2) is 11.1 Å². The van der Waals surface area contributed by atoms with Crippen molar-refractivity contribution >= 4 is 53.5 Å². The van der Waals surface area contributed by atoms with E-state index in [1.54, 1.807) is 0 Å². The molecule has 0 atom stereocenters. The monoisotopic (exact) mass is 449 g/mol. The first-order valence-corrected chi connectivity index (χ1v) is 16.6. The Labute approximate surface area is 191 Å². The molecule has 0 aliphatic rings. The number of nitrogens with zero attached hydrogens (tertiary/aromatic N) is 1. The van der Waals surface area contributed by atoms with E-state index in [1.165, 1.54) is 20.7 Å². The third-order valence-corrected chi connectivity index (χ3v) is 12.7. The quantitative estimate of drug-likeness (QED) is 0.302. The Balaban J connectivity index is 1.86. The topological polar surface area (TPSA) is 26.0 Å². The van der Waals surface area contributed by atoms with E-state index in [0.717, 1.165) is 16.6 Å². The van der Waals surface area contributed by atoms with E-state index in [0.29, 0.717) is 0 Å². The summed E-state index contributed by atoms with van der Waals surface area (Å²) in [5.41, 5.74) is 2.66. The van der Waals surface area contributed by atoms with Gasteiger partial charge >= 0.3 is 0 Å². The van der Waals surface area contributed by atoms with E-state index in [2.05, 4.69) is 129 Å². The van der Waals surface area contributed by atoms with Crippen molar-refractivity contribution < 1.29 is 4.42 Å². The van der Waals surface area contributed by atoms with E-state index in [4.69, 9.17) is 9.40 Å². The molecular weight excluding hydrogens is 422 g/mol. The van der Waals surface area contributed by atoms with Gasteiger partial charge in [-0.15, -0.1) is 0 Å². The van der Waals surface area contributed by atoms with Crippen LogP contribution in [0.15, 0.2) is 114 Å². The maximum absolute atomic E-state index is 6.71. The van der Waals surface area contributed by atoms with E-state index in [-0.39, 0.29) is 0 Å². The van der Waals surface area contributed by atoms with Crippen molar-refractivity contribution in [3.05, 3.63) is 109 Å². The lowest BCUT2D eigenvalue weighted by molar-refractivity contribution is 0.640. The fraction of sp³-hybridized carbons (Fsp3) is 0.107. The van der Waals surface area contributed by atoms with Crippen LogP contribution in [0.2, 0.25) is 19.6 Å². The second-order valence-electron chi connectivity index (χ2n) is 9.30. The van der Waals surface area contributed by atoms with Crippen molar-refractivity contribution in [1.82, 2.24) is 4.98 Å². The molecule has 0 saturated heterocycles. The average Bonchev–Trinajstić information content (AvgIpc) is 3.25. The zero-order chi connectivity index (χ0) is 22.2. The van der Waals surface area contributed by atoms with Crippen molar-refractivity contribution in [2.75, 3.05) is 0 Å². The van der Waals surface area contributed by atoms with Gasteiger partial charge in [0.05, 0.1) is 8.07 Å². The number of fused-ring (bicyclic) bond motifs is 1. The highest BCUT2D eigenvalue weighted by Gasteiger charge is 2.46. The van der Waals surface area contributed by atoms with Crippen LogP contribution in [0.1, 0.15) is 0 Å². The molecule has 0 radical (unpaired) electrons. The molecular formula is C28H27NOSi2. The SMILES string of the molecule is C[Si](C)(C)c1ccc2nc([Si](c3ccccc3)(c3ccccc3)c3ccccc3)oc2c1. The highest BCUT2D eigenvalue weighted by atomic mass is 28.3. The molecule has 0 aliphatic carbocycles. The highest BCUT2D eigenvalue weighted by Crippen LogP contribution is 2.16. The van der Waals surface area contributed by atoms with Crippen LogP contribution in [0.4, 0.5) is 0 Å². The van der Waals surface area contributed by atoms with E-state index < -0.39 is 16.1 Å². The van der Waals surface area contributed by atoms with Crippen molar-refractivity contribution in [3.63, 3.8) is 0 Å². The Kier molecular flexibility index (Phi) is 5.20. The van der Waals surface area contributed by atoms with Gasteiger partial charge in [0.1, 0.15) is 5.52 Å². The Morgan fingerprint density at radius 2 is 1.03 bits per heavy atom. The summed E-state index contributed by atoms with van der Waals surface area (Å²) in [6.45, 7) is 7.09. The van der Waals surface area contributed by atoms with Gasteiger partial charge in [0.25, 0.3) is 0 Å². The number of hydrogen-bond acceptors (Lipinski definition) is 2. The maximum atomic E-state index is 6.71. The molecule has 5 rings (SSSR count). The summed E-state index contributed by atoms with van der Waals surface area (Å²) in [7, 11) is -4.17. The summed E-state index contributed by atoms with van der Waals surface area (Å²) in [5, 5.41) is 5.21. The molecule has 1 aromatic heterocycles. The van der Waals surface area contributed by atoms with Gasteiger partial charge in [-0.25, -0.2) is 4.98 Å². The molecule has 0 spiro atoms. The summed E-state index contributed by atoms with van der Waals surface area (Å²) in [6, 6.07) is 38.9. The Morgan fingerprint density at radius 3 is 1.47 bits per heavy atom. The first-order chi connectivity index (χ1) is 15.5. The van der Waals surface area contributed by atoms with Crippen LogP contribution >= 0.6 is 0 Å². The fourth-order valence-electron chi connectivity index (χ4n) is 4.49. The first kappa shape index (κ1) is 20.7. The van der Waals surface area contributed by atoms with Gasteiger partial charge in [-0.3, -0.25) is 0 Å². The van der Waals surface area contributed by atoms with Crippen LogP contribution < -0.4 is 26.3 Å². The predicted molar refractivity (Wildman–Crippen MR) is 141 cm³/mol. The van der Waals surface area contributed by atoms with Crippen LogP contribution in [-0.4, -0.2) is 21.1 Å². The van der Waals surface area contributed by atoms with E-state index >= 15 is 0 Å². The molecule has 5 aromatic rings. The number of rotatable bonds is 5. The van der Waals surface area contributed by atoms with Gasteiger partial charge in [-0.2, -0.15) is 0 Å². The Bertz CT molecular complexity index is 1240. The standard InChI is InChI=1S/C28H27NOSi2/c1-31(2,3)25-19-20-26-27(21-25)30-28(29-26)32(22-13-7-4-8-14-22,23-15-9-5-10-16-23)24-17-11-6-12-18-24/h4-21H,1-3H3. The molecule has 0 fully saturated rings. The second kappa shape index (κ2) is 8.04. The predicted octanol–water partition coefficient (Wildman–Crippen LogP) is 3.75. The smallest absolute Gasteiger partial charge is 0.248 e. The molecule has 0 saturated carbocycles. The summed E-state index contributed by atoms with van der Waals surface area (Å²) in [4.78, 5) is 5.15. The van der Waals surface area contributed by atoms with Crippen molar-refractivity contribution in [1.29, 1.82) is 0 Å². The molecule has 158 valence electrons. The zero-order valence-electron chi connectivity index (χ0n) is 18.7. The largest absolute Gasteiger partial charge is 0.444 e. The lowest BCUT2D eigenvalue weighted by atomic mass is 10.3. The molecule has 0 bridgehead atoms. The van der Waals surface area contributed by atoms with Crippen LogP contribution in [0.25, 0.3) is 11.1 Å². The number of oxazole rings is 1. The lowest BCUT2D eigenvalue weighted by Gasteiger charge is -2.30. The normalized spacial score (nSPS) is 12.2. The summed E-state index contributed by atoms with van der Waals surface area (Å²) in [5.74, 6) is 0. The third-order valence-electron chi connectivity index (χ3n) is 6.20. The van der Waals surface area contributed by atoms with Gasteiger partial charge in [0, 0.05) is 0 Å². The summed E-state index contributed by atoms with van der Waals surface area (Å²) < 4.78 is 6.71. The number of benzene rings is 4. The molecule has 0 unspecified atom stereocenters. The molecule has 1 heterocycles. The van der Waals surface area contributed by atoms with Crippen LogP contribution in [0.5, 0.6) is 0 Å². The van der Waals surface area contributed by atoms with Gasteiger partial charge < -0.3 is 4.42 Å². The molecule has 2 nitrogen and oxygen atoms in total. The van der Waals surface area contributed by atoms with Crippen LogP contribution in [0, 0.1) is 0 Å². The van der Waals surface area contributed by atoms with Gasteiger partial charge in [0.2, 0.25) is 8.07 Å². The Morgan fingerprint density at radius 1 is 0.562 bits per heavy atom. The summed E-state index contributed by atoms with van der Waals surface area (Å²) in [6.07, 6.45) is 0. The Hall–Kier alpha value is -3.22. The summed E-state index contributed by atoms with van der Waals surface area (Å²) >= 11 is 0. The minimum absolute atomic E-state index is 0.837. The minimum Gasteiger partial charge on any atom is -0.444 e. The molecule has 0 aliphatic heterocycles. The number of aromatic nitrogens is 1. The van der Waals surface area contributed by atoms with Crippen molar-refractivity contribution in [2.24, 2.45) is 0 Å². The van der Waals surface area contributed by atoms with Crippen molar-refractivity contribution in [2.45, 2.75) is 19.6 Å². The van der Waals surface area contributed by atoms with Gasteiger partial charge in [-0.1, -0.05) is 122 Å². The van der Waals surface area contributed by atoms with E-state index in [9.17, 15) is 0 Å². The van der Waals surface area contributed by atoms with Crippen LogP contribution in [0.3, 0.4) is 0 Å². The third kappa shape index (κ3) is 3.46. The molecule has 0 N–H and O–H groups in total. The van der Waals surface area contributed by atoms with E-state index in [1.807, 2.05) is 0 Å². The molecule has 0 amide bonds. The molecule has 4 aromatic carbocycles. The van der Waals surface area contributed by atoms with Gasteiger partial charge in [-0.05, 0) is 27.7 Å². The number of hydrogen-bond donors (Lipinski definition) is 0. The second-order valence-corrected chi connectivity index (χ2v) is 18.0. The van der Waals surface area contributed by atoms with Crippen LogP contribution in [-0.2, 0) is 0 Å². The minimum atomic E-state index is -2.71. The fourth-order valence-corrected chi connectivity index (χ4v) is 10.0. The lowest BCUT2D eigenvalue weighted by Crippen LogP contribution is -2.75. The highest BCUT2D eigenvalue weighted by molar-refractivity contribution is 7.19. The maximum Gasteiger partial charge on any atom is 0.248 e. The van der Waals surface area contributed by atoms with Crippen molar-refractivity contribution in [3.8, 4) is 0 Å². The first-order valence-electron chi connectivity index (χ1n) is 11.1.